The van der Waals surface area contributed by atoms with E-state index in [9.17, 15) is 18.0 Å². The second-order valence-electron chi connectivity index (χ2n) is 6.81. The molecule has 7 nitrogen and oxygen atoms in total. The van der Waals surface area contributed by atoms with Crippen molar-refractivity contribution in [2.45, 2.75) is 26.3 Å². The van der Waals surface area contributed by atoms with Crippen molar-refractivity contribution < 1.29 is 18.0 Å². The Labute approximate surface area is 177 Å². The number of pyridine rings is 1. The van der Waals surface area contributed by atoms with Crippen molar-refractivity contribution in [2.75, 3.05) is 4.90 Å². The first kappa shape index (κ1) is 23.0. The van der Waals surface area contributed by atoms with Crippen molar-refractivity contribution in [3.8, 4) is 0 Å². The van der Waals surface area contributed by atoms with Gasteiger partial charge in [0.05, 0.1) is 17.3 Å². The molecule has 2 aromatic rings. The third kappa shape index (κ3) is 6.38. The summed E-state index contributed by atoms with van der Waals surface area (Å²) in [6.45, 7) is 7.19. The highest BCUT2D eigenvalue weighted by Crippen LogP contribution is 2.21. The van der Waals surface area contributed by atoms with Gasteiger partial charge in [-0.3, -0.25) is 14.6 Å². The van der Waals surface area contributed by atoms with Gasteiger partial charge in [-0.05, 0) is 44.0 Å². The van der Waals surface area contributed by atoms with E-state index in [4.69, 9.17) is 0 Å². The van der Waals surface area contributed by atoms with Gasteiger partial charge in [0.1, 0.15) is 5.92 Å². The molecule has 8 heteroatoms. The summed E-state index contributed by atoms with van der Waals surface area (Å²) < 4.78 is 26.7. The van der Waals surface area contributed by atoms with Crippen molar-refractivity contribution in [1.82, 2.24) is 9.71 Å². The SMILES string of the molecule is C=CCC(C(=O)NS(=O)(=O)C=Cc1ccccc1)C(=O)N(c1cccnc1)C(C)C. The minimum atomic E-state index is -4.08. The molecule has 0 saturated carbocycles. The van der Waals surface area contributed by atoms with Gasteiger partial charge >= 0.3 is 0 Å². The monoisotopic (exact) mass is 427 g/mol. The van der Waals surface area contributed by atoms with Gasteiger partial charge in [0.2, 0.25) is 11.8 Å². The minimum Gasteiger partial charge on any atom is -0.308 e. The minimum absolute atomic E-state index is 0.00787. The number of allylic oxidation sites excluding steroid dienone is 1. The number of nitrogens with one attached hydrogen (secondary N) is 1. The zero-order valence-corrected chi connectivity index (χ0v) is 17.7. The molecule has 0 fully saturated rings. The first-order chi connectivity index (χ1) is 14.2. The Bertz CT molecular complexity index is 1000. The second-order valence-corrected chi connectivity index (χ2v) is 8.38. The van der Waals surface area contributed by atoms with Crippen molar-refractivity contribution in [2.24, 2.45) is 5.92 Å². The fourth-order valence-electron chi connectivity index (χ4n) is 2.81. The Morgan fingerprint density at radius 1 is 1.17 bits per heavy atom. The smallest absolute Gasteiger partial charge is 0.257 e. The molecule has 2 amide bonds. The van der Waals surface area contributed by atoms with Gasteiger partial charge in [-0.2, -0.15) is 0 Å². The Hall–Kier alpha value is -3.26. The Morgan fingerprint density at radius 3 is 2.43 bits per heavy atom. The van der Waals surface area contributed by atoms with Crippen LogP contribution in [-0.4, -0.2) is 31.3 Å². The lowest BCUT2D eigenvalue weighted by atomic mass is 10.0. The normalized spacial score (nSPS) is 12.5. The highest BCUT2D eigenvalue weighted by molar-refractivity contribution is 7.93. The number of anilines is 1. The van der Waals surface area contributed by atoms with Crippen molar-refractivity contribution >= 4 is 33.6 Å². The third-order valence-electron chi connectivity index (χ3n) is 4.18. The molecule has 0 aliphatic carbocycles. The molecular weight excluding hydrogens is 402 g/mol. The summed E-state index contributed by atoms with van der Waals surface area (Å²) in [6.07, 6.45) is 5.87. The molecule has 30 heavy (non-hydrogen) atoms. The summed E-state index contributed by atoms with van der Waals surface area (Å²) in [7, 11) is -4.08. The van der Waals surface area contributed by atoms with Gasteiger partial charge in [0, 0.05) is 12.2 Å². The van der Waals surface area contributed by atoms with Gasteiger partial charge in [-0.15, -0.1) is 6.58 Å². The van der Waals surface area contributed by atoms with Crippen LogP contribution >= 0.6 is 0 Å². The Kier molecular flexibility index (Phi) is 8.06. The Morgan fingerprint density at radius 2 is 1.87 bits per heavy atom. The number of carbonyl (C=O) groups is 2. The zero-order valence-electron chi connectivity index (χ0n) is 16.9. The molecule has 1 heterocycles. The van der Waals surface area contributed by atoms with E-state index in [-0.39, 0.29) is 12.5 Å². The second kappa shape index (κ2) is 10.5. The standard InChI is InChI=1S/C22H25N3O4S/c1-4-9-20(22(27)25(17(2)3)19-12-8-14-23-16-19)21(26)24-30(28,29)15-13-18-10-6-5-7-11-18/h4-8,10-17,20H,1,9H2,2-3H3,(H,24,26). The van der Waals surface area contributed by atoms with Crippen LogP contribution in [0.2, 0.25) is 0 Å². The lowest BCUT2D eigenvalue weighted by molar-refractivity contribution is -0.132. The fraction of sp³-hybridized carbons (Fsp3) is 0.227. The molecule has 1 aromatic carbocycles. The van der Waals surface area contributed by atoms with E-state index in [1.54, 1.807) is 56.4 Å². The summed E-state index contributed by atoms with van der Waals surface area (Å²) in [5, 5.41) is 0.900. The van der Waals surface area contributed by atoms with Gasteiger partial charge in [-0.25, -0.2) is 13.1 Å². The number of hydrogen-bond donors (Lipinski definition) is 1. The summed E-state index contributed by atoms with van der Waals surface area (Å²) >= 11 is 0. The molecule has 1 atom stereocenters. The number of hydrogen-bond acceptors (Lipinski definition) is 5. The predicted molar refractivity (Wildman–Crippen MR) is 118 cm³/mol. The van der Waals surface area contributed by atoms with Crippen LogP contribution in [0.15, 0.2) is 72.9 Å². The molecule has 1 unspecified atom stereocenters. The lowest BCUT2D eigenvalue weighted by Crippen LogP contribution is -2.47. The number of nitrogens with zero attached hydrogens (tertiary/aromatic N) is 2. The van der Waals surface area contributed by atoms with Crippen LogP contribution in [0.1, 0.15) is 25.8 Å². The van der Waals surface area contributed by atoms with E-state index >= 15 is 0 Å². The van der Waals surface area contributed by atoms with Crippen LogP contribution in [0.5, 0.6) is 0 Å². The van der Waals surface area contributed by atoms with E-state index in [0.717, 1.165) is 5.41 Å². The van der Waals surface area contributed by atoms with Crippen molar-refractivity contribution in [1.29, 1.82) is 0 Å². The molecule has 0 aliphatic rings. The van der Waals surface area contributed by atoms with Crippen LogP contribution in [0, 0.1) is 5.92 Å². The summed E-state index contributed by atoms with van der Waals surface area (Å²) in [5.41, 5.74) is 1.18. The largest absolute Gasteiger partial charge is 0.308 e. The average Bonchev–Trinajstić information content (AvgIpc) is 2.71. The van der Waals surface area contributed by atoms with E-state index < -0.39 is 27.8 Å². The molecule has 0 saturated heterocycles. The molecule has 158 valence electrons. The highest BCUT2D eigenvalue weighted by atomic mass is 32.2. The highest BCUT2D eigenvalue weighted by Gasteiger charge is 2.33. The number of carbonyl (C=O) groups excluding carboxylic acids is 2. The van der Waals surface area contributed by atoms with Crippen LogP contribution in [0.3, 0.4) is 0 Å². The van der Waals surface area contributed by atoms with Crippen LogP contribution in [0.25, 0.3) is 6.08 Å². The topological polar surface area (TPSA) is 96.4 Å². The zero-order chi connectivity index (χ0) is 22.1. The van der Waals surface area contributed by atoms with E-state index in [0.29, 0.717) is 11.3 Å². The molecule has 1 aromatic heterocycles. The number of aromatic nitrogens is 1. The van der Waals surface area contributed by atoms with Crippen molar-refractivity contribution in [3.63, 3.8) is 0 Å². The quantitative estimate of drug-likeness (QED) is 0.490. The van der Waals surface area contributed by atoms with Gasteiger partial charge < -0.3 is 4.90 Å². The number of amides is 2. The van der Waals surface area contributed by atoms with Crippen molar-refractivity contribution in [3.05, 3.63) is 78.5 Å². The Balaban J connectivity index is 2.23. The average molecular weight is 428 g/mol. The molecule has 0 radical (unpaired) electrons. The van der Waals surface area contributed by atoms with Gasteiger partial charge in [0.25, 0.3) is 10.0 Å². The third-order valence-corrected chi connectivity index (χ3v) is 5.16. The summed E-state index contributed by atoms with van der Waals surface area (Å²) in [4.78, 5) is 31.3. The number of benzene rings is 1. The molecule has 1 N–H and O–H groups in total. The van der Waals surface area contributed by atoms with Gasteiger partial charge in [0.15, 0.2) is 0 Å². The maximum atomic E-state index is 13.2. The molecule has 0 aliphatic heterocycles. The summed E-state index contributed by atoms with van der Waals surface area (Å²) in [6, 6.07) is 11.9. The first-order valence-corrected chi connectivity index (χ1v) is 10.9. The predicted octanol–water partition coefficient (Wildman–Crippen LogP) is 3.13. The maximum absolute atomic E-state index is 13.2. The summed E-state index contributed by atoms with van der Waals surface area (Å²) in [5.74, 6) is -2.69. The molecule has 2 rings (SSSR count). The molecule has 0 bridgehead atoms. The van der Waals surface area contributed by atoms with E-state index in [1.807, 2.05) is 10.8 Å². The molecular formula is C22H25N3O4S. The van der Waals surface area contributed by atoms with Crippen LogP contribution in [-0.2, 0) is 19.6 Å². The maximum Gasteiger partial charge on any atom is 0.257 e. The first-order valence-electron chi connectivity index (χ1n) is 9.39. The van der Waals surface area contributed by atoms with E-state index in [2.05, 4.69) is 11.6 Å². The number of sulfonamides is 1. The lowest BCUT2D eigenvalue weighted by Gasteiger charge is -2.29. The van der Waals surface area contributed by atoms with Crippen LogP contribution in [0.4, 0.5) is 5.69 Å². The number of rotatable bonds is 9. The van der Waals surface area contributed by atoms with E-state index in [1.165, 1.54) is 23.2 Å². The van der Waals surface area contributed by atoms with Gasteiger partial charge in [-0.1, -0.05) is 36.4 Å². The fourth-order valence-corrected chi connectivity index (χ4v) is 3.64. The van der Waals surface area contributed by atoms with Crippen LogP contribution < -0.4 is 9.62 Å². The molecule has 0 spiro atoms.